The number of aromatic carboxylic acids is 1. The van der Waals surface area contributed by atoms with Crippen molar-refractivity contribution in [2.75, 3.05) is 0 Å². The Bertz CT molecular complexity index is 745. The smallest absolute Gasteiger partial charge is 0.353 e. The maximum atomic E-state index is 11.2. The minimum atomic E-state index is -1.07. The van der Waals surface area contributed by atoms with Crippen LogP contribution in [0.15, 0.2) is 41.1 Å². The first-order valence-electron chi connectivity index (χ1n) is 5.11. The highest BCUT2D eigenvalue weighted by atomic mass is 35.5. The molecule has 0 aliphatic carbocycles. The Labute approximate surface area is 106 Å². The summed E-state index contributed by atoms with van der Waals surface area (Å²) in [5.41, 5.74) is 1.16. The van der Waals surface area contributed by atoms with Crippen molar-refractivity contribution >= 4 is 28.7 Å². The van der Waals surface area contributed by atoms with Gasteiger partial charge in [0.15, 0.2) is 11.4 Å². The first kappa shape index (κ1) is 10.9. The lowest BCUT2D eigenvalue weighted by Crippen LogP contribution is -2.08. The average Bonchev–Trinajstić information content (AvgIpc) is 2.89. The predicted octanol–water partition coefficient (Wildman–Crippen LogP) is 2.97. The van der Waals surface area contributed by atoms with E-state index in [4.69, 9.17) is 16.0 Å². The van der Waals surface area contributed by atoms with Crippen molar-refractivity contribution in [1.82, 2.24) is 9.55 Å². The van der Waals surface area contributed by atoms with E-state index in [1.807, 2.05) is 0 Å². The third-order valence-corrected chi connectivity index (χ3v) is 2.89. The van der Waals surface area contributed by atoms with Crippen molar-refractivity contribution in [2.24, 2.45) is 0 Å². The minimum Gasteiger partial charge on any atom is -0.477 e. The molecule has 0 saturated heterocycles. The number of carboxylic acid groups (broad SMARTS) is 1. The fourth-order valence-corrected chi connectivity index (χ4v) is 2.06. The summed E-state index contributed by atoms with van der Waals surface area (Å²) in [6.45, 7) is 0. The van der Waals surface area contributed by atoms with Crippen LogP contribution in [0, 0.1) is 0 Å². The molecule has 18 heavy (non-hydrogen) atoms. The number of aromatic nitrogens is 2. The fourth-order valence-electron chi connectivity index (χ4n) is 1.85. The summed E-state index contributed by atoms with van der Waals surface area (Å²) in [7, 11) is 0. The molecule has 0 radical (unpaired) electrons. The van der Waals surface area contributed by atoms with Gasteiger partial charge in [-0.25, -0.2) is 9.78 Å². The number of hydrogen-bond acceptors (Lipinski definition) is 3. The maximum absolute atomic E-state index is 11.2. The van der Waals surface area contributed by atoms with Gasteiger partial charge in [-0.1, -0.05) is 11.6 Å². The third-order valence-electron chi connectivity index (χ3n) is 2.59. The molecule has 3 aromatic heterocycles. The SMILES string of the molecule is O=C(O)c1cc2occc2n1-c1ncccc1Cl. The van der Waals surface area contributed by atoms with E-state index in [1.54, 1.807) is 24.4 Å². The van der Waals surface area contributed by atoms with Gasteiger partial charge in [0.25, 0.3) is 0 Å². The minimum absolute atomic E-state index is 0.0601. The van der Waals surface area contributed by atoms with Crippen LogP contribution in [-0.2, 0) is 0 Å². The second-order valence-electron chi connectivity index (χ2n) is 3.65. The topological polar surface area (TPSA) is 68.3 Å². The number of fused-ring (bicyclic) bond motifs is 1. The Kier molecular flexibility index (Phi) is 2.34. The van der Waals surface area contributed by atoms with E-state index in [2.05, 4.69) is 4.98 Å². The lowest BCUT2D eigenvalue weighted by molar-refractivity contribution is 0.0688. The van der Waals surface area contributed by atoms with Gasteiger partial charge in [0.1, 0.15) is 5.69 Å². The van der Waals surface area contributed by atoms with Gasteiger partial charge in [-0.3, -0.25) is 4.57 Å². The zero-order chi connectivity index (χ0) is 12.7. The second kappa shape index (κ2) is 3.89. The van der Waals surface area contributed by atoms with Crippen LogP contribution < -0.4 is 0 Å². The zero-order valence-electron chi connectivity index (χ0n) is 9.00. The Morgan fingerprint density at radius 2 is 2.28 bits per heavy atom. The lowest BCUT2D eigenvalue weighted by atomic mass is 10.4. The van der Waals surface area contributed by atoms with Crippen LogP contribution >= 0.6 is 11.6 Å². The van der Waals surface area contributed by atoms with Gasteiger partial charge in [-0.05, 0) is 12.1 Å². The van der Waals surface area contributed by atoms with Gasteiger partial charge in [-0.15, -0.1) is 0 Å². The van der Waals surface area contributed by atoms with E-state index in [0.717, 1.165) is 0 Å². The first-order valence-corrected chi connectivity index (χ1v) is 5.49. The summed E-state index contributed by atoms with van der Waals surface area (Å²) < 4.78 is 6.66. The zero-order valence-corrected chi connectivity index (χ0v) is 9.76. The molecule has 0 atom stereocenters. The summed E-state index contributed by atoms with van der Waals surface area (Å²) in [6, 6.07) is 6.46. The number of furan rings is 1. The highest BCUT2D eigenvalue weighted by Crippen LogP contribution is 2.27. The second-order valence-corrected chi connectivity index (χ2v) is 4.06. The Morgan fingerprint density at radius 3 is 3.00 bits per heavy atom. The average molecular weight is 263 g/mol. The molecular formula is C12H7ClN2O3. The predicted molar refractivity (Wildman–Crippen MR) is 65.3 cm³/mol. The molecule has 0 fully saturated rings. The molecule has 3 heterocycles. The van der Waals surface area contributed by atoms with E-state index in [9.17, 15) is 9.90 Å². The number of nitrogens with zero attached hydrogens (tertiary/aromatic N) is 2. The molecule has 0 aliphatic heterocycles. The summed E-state index contributed by atoms with van der Waals surface area (Å²) in [5.74, 6) is -0.698. The molecule has 90 valence electrons. The molecule has 6 heteroatoms. The molecule has 0 amide bonds. The van der Waals surface area contributed by atoms with Crippen molar-refractivity contribution in [3.05, 3.63) is 47.4 Å². The van der Waals surface area contributed by atoms with E-state index >= 15 is 0 Å². The molecule has 0 saturated carbocycles. The standard InChI is InChI=1S/C12H7ClN2O3/c13-7-2-1-4-14-11(7)15-8-3-5-18-10(8)6-9(15)12(16)17/h1-6H,(H,16,17). The Balaban J connectivity index is 2.39. The summed E-state index contributed by atoms with van der Waals surface area (Å²) in [4.78, 5) is 15.4. The quantitative estimate of drug-likeness (QED) is 0.771. The van der Waals surface area contributed by atoms with Crippen LogP contribution in [0.4, 0.5) is 0 Å². The van der Waals surface area contributed by atoms with Gasteiger partial charge in [0.05, 0.1) is 16.8 Å². The normalized spacial score (nSPS) is 10.9. The van der Waals surface area contributed by atoms with Crippen molar-refractivity contribution in [3.8, 4) is 5.82 Å². The van der Waals surface area contributed by atoms with Crippen LogP contribution in [0.25, 0.3) is 16.9 Å². The first-order chi connectivity index (χ1) is 8.68. The van der Waals surface area contributed by atoms with E-state index in [-0.39, 0.29) is 5.69 Å². The van der Waals surface area contributed by atoms with Gasteiger partial charge < -0.3 is 9.52 Å². The lowest BCUT2D eigenvalue weighted by Gasteiger charge is -2.07. The number of hydrogen-bond donors (Lipinski definition) is 1. The van der Waals surface area contributed by atoms with Crippen LogP contribution in [0.2, 0.25) is 5.02 Å². The van der Waals surface area contributed by atoms with Gasteiger partial charge in [-0.2, -0.15) is 0 Å². The molecular weight excluding hydrogens is 256 g/mol. The molecule has 3 aromatic rings. The number of carbonyl (C=O) groups is 1. The monoisotopic (exact) mass is 262 g/mol. The van der Waals surface area contributed by atoms with Crippen molar-refractivity contribution in [2.45, 2.75) is 0 Å². The van der Waals surface area contributed by atoms with Crippen LogP contribution in [0.3, 0.4) is 0 Å². The Morgan fingerprint density at radius 1 is 1.44 bits per heavy atom. The molecule has 1 N–H and O–H groups in total. The maximum Gasteiger partial charge on any atom is 0.353 e. The summed E-state index contributed by atoms with van der Waals surface area (Å²) >= 11 is 6.05. The van der Waals surface area contributed by atoms with Crippen molar-refractivity contribution < 1.29 is 14.3 Å². The van der Waals surface area contributed by atoms with Crippen LogP contribution in [-0.4, -0.2) is 20.6 Å². The largest absolute Gasteiger partial charge is 0.477 e. The number of pyridine rings is 1. The number of rotatable bonds is 2. The highest BCUT2D eigenvalue weighted by Gasteiger charge is 2.19. The van der Waals surface area contributed by atoms with Crippen molar-refractivity contribution in [1.29, 1.82) is 0 Å². The van der Waals surface area contributed by atoms with E-state index < -0.39 is 5.97 Å². The van der Waals surface area contributed by atoms with Crippen LogP contribution in [0.5, 0.6) is 0 Å². The number of halogens is 1. The molecule has 0 bridgehead atoms. The summed E-state index contributed by atoms with van der Waals surface area (Å²) in [5, 5.41) is 9.58. The Hall–Kier alpha value is -2.27. The number of carboxylic acids is 1. The van der Waals surface area contributed by atoms with Gasteiger partial charge in [0, 0.05) is 18.3 Å². The van der Waals surface area contributed by atoms with Gasteiger partial charge >= 0.3 is 5.97 Å². The summed E-state index contributed by atoms with van der Waals surface area (Å²) in [6.07, 6.45) is 3.04. The fraction of sp³-hybridized carbons (Fsp3) is 0. The molecule has 3 rings (SSSR count). The van der Waals surface area contributed by atoms with E-state index in [0.29, 0.717) is 21.9 Å². The van der Waals surface area contributed by atoms with Crippen LogP contribution in [0.1, 0.15) is 10.5 Å². The molecule has 0 spiro atoms. The highest BCUT2D eigenvalue weighted by molar-refractivity contribution is 6.32. The third kappa shape index (κ3) is 1.48. The van der Waals surface area contributed by atoms with Crippen molar-refractivity contribution in [3.63, 3.8) is 0 Å². The molecule has 5 nitrogen and oxygen atoms in total. The molecule has 0 unspecified atom stereocenters. The molecule has 0 aliphatic rings. The van der Waals surface area contributed by atoms with E-state index in [1.165, 1.54) is 16.9 Å². The van der Waals surface area contributed by atoms with Gasteiger partial charge in [0.2, 0.25) is 0 Å². The molecule has 0 aromatic carbocycles.